The van der Waals surface area contributed by atoms with Crippen molar-refractivity contribution in [1.29, 1.82) is 0 Å². The molecule has 0 aliphatic carbocycles. The van der Waals surface area contributed by atoms with Crippen molar-refractivity contribution in [3.63, 3.8) is 0 Å². The summed E-state index contributed by atoms with van der Waals surface area (Å²) in [7, 11) is 0. The first-order valence-electron chi connectivity index (χ1n) is 10.9. The number of hydrogen-bond acceptors (Lipinski definition) is 7. The molecule has 3 heterocycles. The third-order valence-corrected chi connectivity index (χ3v) is 5.99. The Kier molecular flexibility index (Phi) is 7.17. The molecule has 2 saturated heterocycles. The van der Waals surface area contributed by atoms with Crippen molar-refractivity contribution < 1.29 is 28.9 Å². The molecule has 1 aromatic heterocycles. The lowest BCUT2D eigenvalue weighted by Crippen LogP contribution is -2.50. The molecule has 2 fully saturated rings. The first-order valence-corrected chi connectivity index (χ1v) is 10.9. The zero-order chi connectivity index (χ0) is 23.4. The summed E-state index contributed by atoms with van der Waals surface area (Å²) in [6.07, 6.45) is -2.60. The number of ether oxygens (including phenoxy) is 1. The number of carbonyl (C=O) groups is 2. The molecule has 176 valence electrons. The Morgan fingerprint density at radius 2 is 1.82 bits per heavy atom. The quantitative estimate of drug-likeness (QED) is 0.566. The molecule has 2 aliphatic rings. The summed E-state index contributed by atoms with van der Waals surface area (Å²) < 4.78 is 19.0. The summed E-state index contributed by atoms with van der Waals surface area (Å²) >= 11 is 0. The van der Waals surface area contributed by atoms with Crippen LogP contribution in [-0.2, 0) is 9.53 Å². The summed E-state index contributed by atoms with van der Waals surface area (Å²) in [6, 6.07) is 10.9. The topological polar surface area (TPSA) is 115 Å². The average molecular weight is 458 g/mol. The smallest absolute Gasteiger partial charge is 0.251 e. The predicted octanol–water partition coefficient (Wildman–Crippen LogP) is 0.179. The molecule has 2 aliphatic heterocycles. The van der Waals surface area contributed by atoms with Gasteiger partial charge in [-0.3, -0.25) is 9.59 Å². The highest BCUT2D eigenvalue weighted by Crippen LogP contribution is 2.24. The number of benzene rings is 1. The van der Waals surface area contributed by atoms with Gasteiger partial charge in [-0.2, -0.15) is 0 Å². The molecule has 9 nitrogen and oxygen atoms in total. The van der Waals surface area contributed by atoms with Crippen LogP contribution in [0.25, 0.3) is 0 Å². The number of nitrogens with zero attached hydrogens (tertiary/aromatic N) is 3. The number of amides is 2. The Bertz CT molecular complexity index is 970. The number of piperazine rings is 1. The van der Waals surface area contributed by atoms with Gasteiger partial charge in [0.1, 0.15) is 29.9 Å². The molecule has 33 heavy (non-hydrogen) atoms. The number of aliphatic hydroxyl groups is 2. The highest BCUT2D eigenvalue weighted by Gasteiger charge is 2.44. The molecule has 4 atom stereocenters. The van der Waals surface area contributed by atoms with Crippen molar-refractivity contribution in [3.05, 3.63) is 60.0 Å². The van der Waals surface area contributed by atoms with E-state index in [1.54, 1.807) is 11.1 Å². The van der Waals surface area contributed by atoms with Gasteiger partial charge < -0.3 is 30.1 Å². The SMILES string of the molecule is O=C(NC[C@H]1O[C@@H](CC(=O)N2CCN(c3ccccn3)CC2)[C@H](O)[C@@H]1O)c1cccc(F)c1. The van der Waals surface area contributed by atoms with Gasteiger partial charge >= 0.3 is 0 Å². The van der Waals surface area contributed by atoms with Gasteiger partial charge in [-0.25, -0.2) is 9.37 Å². The fourth-order valence-corrected chi connectivity index (χ4v) is 4.12. The fourth-order valence-electron chi connectivity index (χ4n) is 4.12. The van der Waals surface area contributed by atoms with Gasteiger partial charge in [0.25, 0.3) is 5.91 Å². The number of aliphatic hydroxyl groups excluding tert-OH is 2. The van der Waals surface area contributed by atoms with Crippen LogP contribution in [0.2, 0.25) is 0 Å². The normalized spacial score (nSPS) is 25.2. The molecule has 4 rings (SSSR count). The molecular weight excluding hydrogens is 431 g/mol. The van der Waals surface area contributed by atoms with Gasteiger partial charge in [0.2, 0.25) is 5.91 Å². The van der Waals surface area contributed by atoms with Gasteiger partial charge in [0.05, 0.1) is 12.5 Å². The second-order valence-corrected chi connectivity index (χ2v) is 8.17. The number of halogens is 1. The maximum absolute atomic E-state index is 13.3. The zero-order valence-corrected chi connectivity index (χ0v) is 18.0. The molecule has 0 unspecified atom stereocenters. The minimum atomic E-state index is -1.25. The van der Waals surface area contributed by atoms with Gasteiger partial charge in [-0.15, -0.1) is 0 Å². The summed E-state index contributed by atoms with van der Waals surface area (Å²) in [5, 5.41) is 23.2. The molecule has 1 aromatic carbocycles. The van der Waals surface area contributed by atoms with E-state index in [2.05, 4.69) is 15.2 Å². The van der Waals surface area contributed by atoms with E-state index in [4.69, 9.17) is 4.74 Å². The number of aromatic nitrogens is 1. The van der Waals surface area contributed by atoms with Crippen LogP contribution in [0.15, 0.2) is 48.7 Å². The lowest BCUT2D eigenvalue weighted by atomic mass is 10.0. The van der Waals surface area contributed by atoms with Crippen LogP contribution in [0.3, 0.4) is 0 Å². The minimum Gasteiger partial charge on any atom is -0.388 e. The number of hydrogen-bond donors (Lipinski definition) is 3. The Morgan fingerprint density at radius 3 is 2.52 bits per heavy atom. The van der Waals surface area contributed by atoms with Crippen molar-refractivity contribution in [2.24, 2.45) is 0 Å². The Hall–Kier alpha value is -3.08. The molecule has 2 aromatic rings. The first-order chi connectivity index (χ1) is 15.9. The molecule has 0 spiro atoms. The van der Waals surface area contributed by atoms with Crippen molar-refractivity contribution in [2.75, 3.05) is 37.6 Å². The predicted molar refractivity (Wildman–Crippen MR) is 117 cm³/mol. The molecule has 0 bridgehead atoms. The molecule has 3 N–H and O–H groups in total. The lowest BCUT2D eigenvalue weighted by molar-refractivity contribution is -0.135. The molecule has 2 amide bonds. The highest BCUT2D eigenvalue weighted by molar-refractivity contribution is 5.94. The Morgan fingerprint density at radius 1 is 1.06 bits per heavy atom. The van der Waals surface area contributed by atoms with Crippen LogP contribution in [-0.4, -0.2) is 89.1 Å². The highest BCUT2D eigenvalue weighted by atomic mass is 19.1. The van der Waals surface area contributed by atoms with Gasteiger partial charge in [-0.1, -0.05) is 12.1 Å². The Labute approximate surface area is 190 Å². The van der Waals surface area contributed by atoms with Crippen LogP contribution in [0.4, 0.5) is 10.2 Å². The maximum atomic E-state index is 13.3. The van der Waals surface area contributed by atoms with E-state index in [1.807, 2.05) is 18.2 Å². The third kappa shape index (κ3) is 5.47. The van der Waals surface area contributed by atoms with E-state index in [0.717, 1.165) is 11.9 Å². The summed E-state index contributed by atoms with van der Waals surface area (Å²) in [6.45, 7) is 2.26. The third-order valence-electron chi connectivity index (χ3n) is 5.99. The monoisotopic (exact) mass is 458 g/mol. The second-order valence-electron chi connectivity index (χ2n) is 8.17. The van der Waals surface area contributed by atoms with Gasteiger partial charge in [-0.05, 0) is 30.3 Å². The van der Waals surface area contributed by atoms with E-state index in [1.165, 1.54) is 18.2 Å². The Balaban J connectivity index is 1.26. The number of carbonyl (C=O) groups excluding carboxylic acids is 2. The number of nitrogens with one attached hydrogen (secondary N) is 1. The van der Waals surface area contributed by atoms with Crippen molar-refractivity contribution in [3.8, 4) is 0 Å². The molecule has 0 radical (unpaired) electrons. The number of pyridine rings is 1. The molecular formula is C23H27FN4O5. The number of rotatable bonds is 6. The van der Waals surface area contributed by atoms with Gasteiger partial charge in [0, 0.05) is 44.5 Å². The largest absolute Gasteiger partial charge is 0.388 e. The van der Waals surface area contributed by atoms with E-state index in [-0.39, 0.29) is 24.4 Å². The minimum absolute atomic E-state index is 0.0733. The van der Waals surface area contributed by atoms with Gasteiger partial charge in [0.15, 0.2) is 0 Å². The summed E-state index contributed by atoms with van der Waals surface area (Å²) in [5.41, 5.74) is 0.139. The molecule has 0 saturated carbocycles. The van der Waals surface area contributed by atoms with E-state index < -0.39 is 36.1 Å². The zero-order valence-electron chi connectivity index (χ0n) is 18.0. The first kappa shape index (κ1) is 23.1. The van der Waals surface area contributed by atoms with Crippen LogP contribution in [0, 0.1) is 5.82 Å². The summed E-state index contributed by atoms with van der Waals surface area (Å²) in [4.78, 5) is 33.1. The van der Waals surface area contributed by atoms with E-state index in [9.17, 15) is 24.2 Å². The van der Waals surface area contributed by atoms with Crippen LogP contribution < -0.4 is 10.2 Å². The van der Waals surface area contributed by atoms with Crippen molar-refractivity contribution >= 4 is 17.6 Å². The standard InChI is InChI=1S/C23H27FN4O5/c24-16-5-3-4-15(12-16)23(32)26-14-18-22(31)21(30)17(33-18)13-20(29)28-10-8-27(9-11-28)19-6-1-2-7-25-19/h1-7,12,17-18,21-22,30-31H,8-11,13-14H2,(H,26,32)/t17-,18+,21-,22+/m0/s1. The van der Waals surface area contributed by atoms with Crippen molar-refractivity contribution in [1.82, 2.24) is 15.2 Å². The maximum Gasteiger partial charge on any atom is 0.251 e. The second kappa shape index (κ2) is 10.2. The fraction of sp³-hybridized carbons (Fsp3) is 0.435. The molecule has 10 heteroatoms. The number of anilines is 1. The van der Waals surface area contributed by atoms with E-state index >= 15 is 0 Å². The van der Waals surface area contributed by atoms with Crippen molar-refractivity contribution in [2.45, 2.75) is 30.8 Å². The average Bonchev–Trinajstić information content (AvgIpc) is 3.11. The lowest BCUT2D eigenvalue weighted by Gasteiger charge is -2.36. The van der Waals surface area contributed by atoms with E-state index in [0.29, 0.717) is 26.2 Å². The summed E-state index contributed by atoms with van der Waals surface area (Å²) in [5.74, 6) is -0.360. The van der Waals surface area contributed by atoms with Crippen LogP contribution in [0.1, 0.15) is 16.8 Å². The van der Waals surface area contributed by atoms with Crippen LogP contribution >= 0.6 is 0 Å². The van der Waals surface area contributed by atoms with Crippen LogP contribution in [0.5, 0.6) is 0 Å².